The molecule has 2 N–H and O–H groups in total. The van der Waals surface area contributed by atoms with E-state index in [2.05, 4.69) is 9.97 Å². The number of hydrogen-bond donors (Lipinski definition) is 2. The number of hydrogen-bond acceptors (Lipinski definition) is 4. The molecule has 1 aliphatic heterocycles. The molecule has 0 spiro atoms. The predicted molar refractivity (Wildman–Crippen MR) is 73.1 cm³/mol. The van der Waals surface area contributed by atoms with Crippen LogP contribution in [0.2, 0.25) is 0 Å². The third kappa shape index (κ3) is 2.42. The van der Waals surface area contributed by atoms with Gasteiger partial charge in [0.25, 0.3) is 0 Å². The average Bonchev–Trinajstić information content (AvgIpc) is 2.92. The largest absolute Gasteiger partial charge is 0.378 e. The molecule has 1 atom stereocenters. The summed E-state index contributed by atoms with van der Waals surface area (Å²) in [6, 6.07) is 4.85. The van der Waals surface area contributed by atoms with Gasteiger partial charge in [-0.25, -0.2) is 0 Å². The van der Waals surface area contributed by atoms with Crippen molar-refractivity contribution >= 4 is 16.8 Å². The lowest BCUT2D eigenvalue weighted by Gasteiger charge is -2.08. The van der Waals surface area contributed by atoms with Gasteiger partial charge in [0.15, 0.2) is 5.78 Å². The summed E-state index contributed by atoms with van der Waals surface area (Å²) in [6.07, 6.45) is 2.24. The maximum Gasteiger partial charge on any atom is 0.314 e. The van der Waals surface area contributed by atoms with E-state index >= 15 is 0 Å². The highest BCUT2D eigenvalue weighted by atomic mass is 16.5. The molecule has 1 aromatic heterocycles. The van der Waals surface area contributed by atoms with Crippen LogP contribution in [-0.4, -0.2) is 28.5 Å². The number of ether oxygens (including phenoxy) is 1. The van der Waals surface area contributed by atoms with Gasteiger partial charge in [0.1, 0.15) is 0 Å². The van der Waals surface area contributed by atoms with Crippen LogP contribution in [0.1, 0.15) is 29.6 Å². The Hall–Kier alpha value is -2.21. The van der Waals surface area contributed by atoms with Crippen LogP contribution in [0.15, 0.2) is 27.8 Å². The highest BCUT2D eigenvalue weighted by molar-refractivity contribution is 5.99. The van der Waals surface area contributed by atoms with Crippen molar-refractivity contribution in [2.45, 2.75) is 25.4 Å². The Bertz CT molecular complexity index is 769. The van der Waals surface area contributed by atoms with Crippen molar-refractivity contribution in [2.75, 3.05) is 6.61 Å². The van der Waals surface area contributed by atoms with E-state index in [-0.39, 0.29) is 11.9 Å². The number of carbonyl (C=O) groups excluding carboxylic acids is 1. The minimum atomic E-state index is -0.721. The number of nitrogens with one attached hydrogen (secondary N) is 2. The number of ketones is 1. The Morgan fingerprint density at radius 3 is 2.65 bits per heavy atom. The Kier molecular flexibility index (Phi) is 3.23. The summed E-state index contributed by atoms with van der Waals surface area (Å²) in [7, 11) is 0. The first kappa shape index (κ1) is 12.8. The molecule has 1 saturated heterocycles. The van der Waals surface area contributed by atoms with Gasteiger partial charge in [0.2, 0.25) is 0 Å². The first-order chi connectivity index (χ1) is 9.63. The first-order valence-electron chi connectivity index (χ1n) is 6.54. The van der Waals surface area contributed by atoms with E-state index in [1.54, 1.807) is 18.2 Å². The number of H-pyrrole nitrogens is 2. The second-order valence-corrected chi connectivity index (χ2v) is 4.93. The lowest BCUT2D eigenvalue weighted by atomic mass is 10.0. The van der Waals surface area contributed by atoms with Crippen LogP contribution >= 0.6 is 0 Å². The summed E-state index contributed by atoms with van der Waals surface area (Å²) < 4.78 is 5.44. The van der Waals surface area contributed by atoms with Crippen LogP contribution in [-0.2, 0) is 4.74 Å². The Labute approximate surface area is 113 Å². The Balaban J connectivity index is 1.91. The molecular weight excluding hydrogens is 260 g/mol. The van der Waals surface area contributed by atoms with Gasteiger partial charge < -0.3 is 14.7 Å². The van der Waals surface area contributed by atoms with E-state index < -0.39 is 11.1 Å². The number of benzene rings is 1. The second-order valence-electron chi connectivity index (χ2n) is 4.93. The van der Waals surface area contributed by atoms with E-state index in [1.807, 2.05) is 0 Å². The maximum atomic E-state index is 12.2. The molecule has 0 radical (unpaired) electrons. The molecule has 1 aliphatic rings. The molecule has 2 aromatic rings. The molecule has 6 heteroatoms. The van der Waals surface area contributed by atoms with Gasteiger partial charge in [0, 0.05) is 18.6 Å². The van der Waals surface area contributed by atoms with Crippen molar-refractivity contribution in [3.63, 3.8) is 0 Å². The van der Waals surface area contributed by atoms with E-state index in [4.69, 9.17) is 4.74 Å². The van der Waals surface area contributed by atoms with E-state index in [9.17, 15) is 14.4 Å². The fraction of sp³-hybridized carbons (Fsp3) is 0.357. The molecule has 104 valence electrons. The van der Waals surface area contributed by atoms with Gasteiger partial charge in [-0.15, -0.1) is 0 Å². The molecule has 0 aliphatic carbocycles. The molecule has 20 heavy (non-hydrogen) atoms. The lowest BCUT2D eigenvalue weighted by molar-refractivity contribution is 0.0775. The Morgan fingerprint density at radius 1 is 1.20 bits per heavy atom. The van der Waals surface area contributed by atoms with E-state index in [0.717, 1.165) is 12.8 Å². The van der Waals surface area contributed by atoms with Crippen LogP contribution < -0.4 is 11.1 Å². The van der Waals surface area contributed by atoms with Crippen LogP contribution in [0.5, 0.6) is 0 Å². The summed E-state index contributed by atoms with van der Waals surface area (Å²) >= 11 is 0. The van der Waals surface area contributed by atoms with Gasteiger partial charge in [-0.3, -0.25) is 14.4 Å². The highest BCUT2D eigenvalue weighted by Gasteiger charge is 2.20. The summed E-state index contributed by atoms with van der Waals surface area (Å²) in [4.78, 5) is 39.6. The van der Waals surface area contributed by atoms with Crippen LogP contribution in [0.3, 0.4) is 0 Å². The third-order valence-corrected chi connectivity index (χ3v) is 3.48. The van der Waals surface area contributed by atoms with E-state index in [0.29, 0.717) is 29.6 Å². The molecule has 1 fully saturated rings. The number of aromatic amines is 2. The number of fused-ring (bicyclic) bond motifs is 1. The molecular formula is C14H14N2O4. The van der Waals surface area contributed by atoms with Crippen LogP contribution in [0.25, 0.3) is 11.0 Å². The van der Waals surface area contributed by atoms with Crippen molar-refractivity contribution in [3.05, 3.63) is 44.5 Å². The van der Waals surface area contributed by atoms with Gasteiger partial charge in [-0.1, -0.05) is 0 Å². The fourth-order valence-corrected chi connectivity index (χ4v) is 2.42. The minimum Gasteiger partial charge on any atom is -0.378 e. The quantitative estimate of drug-likeness (QED) is 0.644. The van der Waals surface area contributed by atoms with Gasteiger partial charge in [0.05, 0.1) is 17.1 Å². The van der Waals surface area contributed by atoms with Gasteiger partial charge in [-0.05, 0) is 31.0 Å². The molecule has 0 saturated carbocycles. The van der Waals surface area contributed by atoms with Crippen molar-refractivity contribution in [1.82, 2.24) is 9.97 Å². The standard InChI is InChI=1S/C14H14N2O4/c17-12(7-9-2-1-5-20-9)8-3-4-10-11(6-8)16-14(19)13(18)15-10/h3-4,6,9H,1-2,5,7H2,(H,15,18)(H,16,19). The van der Waals surface area contributed by atoms with Crippen molar-refractivity contribution in [2.24, 2.45) is 0 Å². The van der Waals surface area contributed by atoms with Crippen LogP contribution in [0, 0.1) is 0 Å². The number of carbonyl (C=O) groups is 1. The molecule has 1 unspecified atom stereocenters. The zero-order valence-corrected chi connectivity index (χ0v) is 10.8. The molecule has 1 aromatic carbocycles. The summed E-state index contributed by atoms with van der Waals surface area (Å²) in [6.45, 7) is 0.713. The van der Waals surface area contributed by atoms with Crippen LogP contribution in [0.4, 0.5) is 0 Å². The zero-order valence-electron chi connectivity index (χ0n) is 10.8. The Morgan fingerprint density at radius 2 is 1.95 bits per heavy atom. The van der Waals surface area contributed by atoms with Crippen molar-refractivity contribution < 1.29 is 9.53 Å². The monoisotopic (exact) mass is 274 g/mol. The number of Topliss-reactive ketones (excluding diaryl/α,β-unsaturated/α-hetero) is 1. The highest BCUT2D eigenvalue weighted by Crippen LogP contribution is 2.19. The topological polar surface area (TPSA) is 92.0 Å². The normalized spacial score (nSPS) is 18.5. The molecule has 0 bridgehead atoms. The van der Waals surface area contributed by atoms with Crippen molar-refractivity contribution in [3.8, 4) is 0 Å². The predicted octanol–water partition coefficient (Wildman–Crippen LogP) is 0.968. The minimum absolute atomic E-state index is 0.00664. The summed E-state index contributed by atoms with van der Waals surface area (Å²) in [5.41, 5.74) is 0.0453. The van der Waals surface area contributed by atoms with Gasteiger partial charge >= 0.3 is 11.1 Å². The molecule has 0 amide bonds. The molecule has 6 nitrogen and oxygen atoms in total. The third-order valence-electron chi connectivity index (χ3n) is 3.48. The average molecular weight is 274 g/mol. The summed E-state index contributed by atoms with van der Waals surface area (Å²) in [5, 5.41) is 0. The van der Waals surface area contributed by atoms with E-state index in [1.165, 1.54) is 0 Å². The molecule has 2 heterocycles. The number of rotatable bonds is 3. The summed E-state index contributed by atoms with van der Waals surface area (Å²) in [5.74, 6) is -0.0224. The maximum absolute atomic E-state index is 12.2. The second kappa shape index (κ2) is 5.05. The van der Waals surface area contributed by atoms with Crippen molar-refractivity contribution in [1.29, 1.82) is 0 Å². The molecule has 3 rings (SSSR count). The van der Waals surface area contributed by atoms with Gasteiger partial charge in [-0.2, -0.15) is 0 Å². The zero-order chi connectivity index (χ0) is 14.1. The fourth-order valence-electron chi connectivity index (χ4n) is 2.42. The number of aromatic nitrogens is 2. The smallest absolute Gasteiger partial charge is 0.314 e. The SMILES string of the molecule is O=C(CC1CCCO1)c1ccc2[nH]c(=O)c(=O)[nH]c2c1. The lowest BCUT2D eigenvalue weighted by Crippen LogP contribution is -2.29. The first-order valence-corrected chi connectivity index (χ1v) is 6.54.